The second kappa shape index (κ2) is 5.71. The number of likely N-dealkylation sites (tertiary alicyclic amines) is 1. The monoisotopic (exact) mass is 292 g/mol. The molecular weight excluding hydrogens is 272 g/mol. The fraction of sp³-hybridized carbons (Fsp3) is 0.533. The number of aldehydes is 1. The highest BCUT2D eigenvalue weighted by Crippen LogP contribution is 2.20. The first-order chi connectivity index (χ1) is 9.80. The van der Waals surface area contributed by atoms with Gasteiger partial charge in [-0.25, -0.2) is 4.79 Å². The van der Waals surface area contributed by atoms with Crippen LogP contribution < -0.4 is 5.56 Å². The van der Waals surface area contributed by atoms with Crippen LogP contribution >= 0.6 is 0 Å². The molecule has 6 heteroatoms. The number of hydrogen-bond donors (Lipinski definition) is 0. The lowest BCUT2D eigenvalue weighted by Crippen LogP contribution is -2.53. The van der Waals surface area contributed by atoms with Gasteiger partial charge in [0.15, 0.2) is 6.29 Å². The number of pyridine rings is 1. The molecule has 0 atom stereocenters. The Morgan fingerprint density at radius 1 is 1.43 bits per heavy atom. The number of carbonyl (C=O) groups is 2. The zero-order valence-corrected chi connectivity index (χ0v) is 12.5. The van der Waals surface area contributed by atoms with Crippen molar-refractivity contribution in [2.75, 3.05) is 13.1 Å². The second-order valence-corrected chi connectivity index (χ2v) is 6.29. The summed E-state index contributed by atoms with van der Waals surface area (Å²) in [4.78, 5) is 36.1. The Bertz CT molecular complexity index is 594. The molecule has 1 saturated heterocycles. The lowest BCUT2D eigenvalue weighted by molar-refractivity contribution is -0.00346. The molecule has 1 aromatic rings. The number of hydrogen-bond acceptors (Lipinski definition) is 4. The minimum atomic E-state index is -0.503. The Morgan fingerprint density at radius 3 is 2.67 bits per heavy atom. The Labute approximate surface area is 123 Å². The normalized spacial score (nSPS) is 15.5. The molecule has 0 radical (unpaired) electrons. The van der Waals surface area contributed by atoms with Gasteiger partial charge in [-0.05, 0) is 32.9 Å². The number of aromatic nitrogens is 1. The van der Waals surface area contributed by atoms with Crippen molar-refractivity contribution in [3.05, 3.63) is 34.2 Å². The first-order valence-electron chi connectivity index (χ1n) is 6.93. The van der Waals surface area contributed by atoms with E-state index >= 15 is 0 Å². The first-order valence-corrected chi connectivity index (χ1v) is 6.93. The summed E-state index contributed by atoms with van der Waals surface area (Å²) in [5.41, 5.74) is -0.638. The molecule has 0 unspecified atom stereocenters. The molecule has 0 aliphatic carbocycles. The summed E-state index contributed by atoms with van der Waals surface area (Å²) in [6.07, 6.45) is 1.89. The van der Waals surface area contributed by atoms with E-state index < -0.39 is 5.60 Å². The Morgan fingerprint density at radius 2 is 2.10 bits per heavy atom. The quantitative estimate of drug-likeness (QED) is 0.792. The van der Waals surface area contributed by atoms with E-state index in [0.717, 1.165) is 0 Å². The topological polar surface area (TPSA) is 68.6 Å². The maximum absolute atomic E-state index is 11.9. The summed E-state index contributed by atoms with van der Waals surface area (Å²) in [7, 11) is 0. The van der Waals surface area contributed by atoms with Gasteiger partial charge in [-0.15, -0.1) is 0 Å². The number of carbonyl (C=O) groups excluding carboxylic acids is 2. The molecule has 0 saturated carbocycles. The molecule has 0 bridgehead atoms. The van der Waals surface area contributed by atoms with Crippen molar-refractivity contribution < 1.29 is 14.3 Å². The van der Waals surface area contributed by atoms with Crippen LogP contribution in [-0.4, -0.2) is 40.5 Å². The van der Waals surface area contributed by atoms with Gasteiger partial charge in [0.1, 0.15) is 5.60 Å². The van der Waals surface area contributed by atoms with E-state index in [1.807, 2.05) is 20.8 Å². The molecule has 1 aromatic heterocycles. The third kappa shape index (κ3) is 3.71. The fourth-order valence-corrected chi connectivity index (χ4v) is 2.23. The molecule has 1 fully saturated rings. The highest BCUT2D eigenvalue weighted by molar-refractivity contribution is 5.73. The summed E-state index contributed by atoms with van der Waals surface area (Å²) >= 11 is 0. The van der Waals surface area contributed by atoms with Crippen LogP contribution in [0.4, 0.5) is 4.79 Å². The lowest BCUT2D eigenvalue weighted by atomic mass is 10.0. The highest BCUT2D eigenvalue weighted by atomic mass is 16.6. The van der Waals surface area contributed by atoms with Crippen molar-refractivity contribution in [2.24, 2.45) is 5.92 Å². The molecule has 2 rings (SSSR count). The minimum Gasteiger partial charge on any atom is -0.444 e. The van der Waals surface area contributed by atoms with Crippen molar-refractivity contribution in [2.45, 2.75) is 32.9 Å². The summed E-state index contributed by atoms with van der Waals surface area (Å²) in [5.74, 6) is 0.206. The Balaban J connectivity index is 1.90. The van der Waals surface area contributed by atoms with Crippen LogP contribution in [0, 0.1) is 5.92 Å². The van der Waals surface area contributed by atoms with E-state index in [4.69, 9.17) is 4.74 Å². The fourth-order valence-electron chi connectivity index (χ4n) is 2.23. The van der Waals surface area contributed by atoms with E-state index in [1.165, 1.54) is 10.6 Å². The van der Waals surface area contributed by atoms with E-state index in [2.05, 4.69) is 0 Å². The molecule has 1 amide bonds. The largest absolute Gasteiger partial charge is 0.444 e. The second-order valence-electron chi connectivity index (χ2n) is 6.29. The van der Waals surface area contributed by atoms with Crippen molar-refractivity contribution in [1.82, 2.24) is 9.47 Å². The van der Waals surface area contributed by atoms with Crippen LogP contribution in [0.5, 0.6) is 0 Å². The predicted molar refractivity (Wildman–Crippen MR) is 77.4 cm³/mol. The molecule has 21 heavy (non-hydrogen) atoms. The van der Waals surface area contributed by atoms with Crippen LogP contribution in [0.2, 0.25) is 0 Å². The summed E-state index contributed by atoms with van der Waals surface area (Å²) in [5, 5.41) is 0. The number of ether oxygens (including phenoxy) is 1. The Hall–Kier alpha value is -2.11. The number of rotatable bonds is 3. The molecule has 2 heterocycles. The van der Waals surface area contributed by atoms with Crippen LogP contribution in [0.1, 0.15) is 31.1 Å². The first kappa shape index (κ1) is 15.3. The number of amides is 1. The van der Waals surface area contributed by atoms with E-state index in [0.29, 0.717) is 25.9 Å². The van der Waals surface area contributed by atoms with Gasteiger partial charge in [0.05, 0.1) is 5.56 Å². The molecule has 114 valence electrons. The van der Waals surface area contributed by atoms with Crippen LogP contribution in [-0.2, 0) is 11.3 Å². The Kier molecular flexibility index (Phi) is 4.16. The third-order valence-electron chi connectivity index (χ3n) is 3.24. The highest BCUT2D eigenvalue weighted by Gasteiger charge is 2.33. The maximum atomic E-state index is 11.9. The van der Waals surface area contributed by atoms with Crippen LogP contribution in [0.15, 0.2) is 23.1 Å². The van der Waals surface area contributed by atoms with Crippen molar-refractivity contribution >= 4 is 12.4 Å². The summed E-state index contributed by atoms with van der Waals surface area (Å²) < 4.78 is 6.79. The van der Waals surface area contributed by atoms with Gasteiger partial charge < -0.3 is 14.2 Å². The predicted octanol–water partition coefficient (Wildman–Crippen LogP) is 1.53. The lowest BCUT2D eigenvalue weighted by Gasteiger charge is -2.39. The standard InChI is InChI=1S/C15H20N2O4/c1-15(2,3)21-14(20)17-8-11(9-17)7-16-6-4-5-12(10-18)13(16)19/h4-6,10-11H,7-9H2,1-3H3. The SMILES string of the molecule is CC(C)(C)OC(=O)N1CC(Cn2cccc(C=O)c2=O)C1. The zero-order valence-electron chi connectivity index (χ0n) is 12.5. The van der Waals surface area contributed by atoms with Gasteiger partial charge in [0.2, 0.25) is 0 Å². The van der Waals surface area contributed by atoms with E-state index in [9.17, 15) is 14.4 Å². The molecular formula is C15H20N2O4. The zero-order chi connectivity index (χ0) is 15.6. The number of nitrogens with zero attached hydrogens (tertiary/aromatic N) is 2. The molecule has 1 aliphatic heterocycles. The molecule has 0 N–H and O–H groups in total. The van der Waals surface area contributed by atoms with Gasteiger partial charge in [-0.3, -0.25) is 9.59 Å². The van der Waals surface area contributed by atoms with Gasteiger partial charge in [0.25, 0.3) is 5.56 Å². The molecule has 1 aliphatic rings. The molecule has 0 spiro atoms. The van der Waals surface area contributed by atoms with Crippen LogP contribution in [0.25, 0.3) is 0 Å². The smallest absolute Gasteiger partial charge is 0.410 e. The van der Waals surface area contributed by atoms with Gasteiger partial charge in [-0.1, -0.05) is 0 Å². The van der Waals surface area contributed by atoms with Gasteiger partial charge in [-0.2, -0.15) is 0 Å². The third-order valence-corrected chi connectivity index (χ3v) is 3.24. The molecule has 0 aromatic carbocycles. The average molecular weight is 292 g/mol. The van der Waals surface area contributed by atoms with Crippen molar-refractivity contribution in [3.63, 3.8) is 0 Å². The summed E-state index contributed by atoms with van der Waals surface area (Å²) in [6.45, 7) is 7.10. The van der Waals surface area contributed by atoms with Crippen LogP contribution in [0.3, 0.4) is 0 Å². The van der Waals surface area contributed by atoms with E-state index in [1.54, 1.807) is 17.2 Å². The van der Waals surface area contributed by atoms with E-state index in [-0.39, 0.29) is 23.1 Å². The van der Waals surface area contributed by atoms with Crippen molar-refractivity contribution in [3.8, 4) is 0 Å². The van der Waals surface area contributed by atoms with Crippen molar-refractivity contribution in [1.29, 1.82) is 0 Å². The van der Waals surface area contributed by atoms with Gasteiger partial charge in [0, 0.05) is 31.7 Å². The van der Waals surface area contributed by atoms with Gasteiger partial charge >= 0.3 is 6.09 Å². The summed E-state index contributed by atoms with van der Waals surface area (Å²) in [6, 6.07) is 3.18. The molecule has 6 nitrogen and oxygen atoms in total. The minimum absolute atomic E-state index is 0.154. The average Bonchev–Trinajstić information content (AvgIpc) is 2.32. The maximum Gasteiger partial charge on any atom is 0.410 e.